The first-order chi connectivity index (χ1) is 26.5. The van der Waals surface area contributed by atoms with E-state index in [0.717, 1.165) is 72.4 Å². The smallest absolute Gasteiger partial charge is 0.290 e. The van der Waals surface area contributed by atoms with Crippen LogP contribution in [0, 0.1) is 24.2 Å². The van der Waals surface area contributed by atoms with Crippen LogP contribution >= 0.6 is 23.2 Å². The van der Waals surface area contributed by atoms with Crippen molar-refractivity contribution in [1.82, 2.24) is 15.2 Å². The fraction of sp³-hybridized carbons (Fsp3) is 0.405. The largest absolute Gasteiger partial charge is 0.492 e. The van der Waals surface area contributed by atoms with Gasteiger partial charge in [0.2, 0.25) is 0 Å². The average molecular weight is 796 g/mol. The van der Waals surface area contributed by atoms with Gasteiger partial charge in [0.25, 0.3) is 6.47 Å². The molecule has 55 heavy (non-hydrogen) atoms. The summed E-state index contributed by atoms with van der Waals surface area (Å²) in [5.41, 5.74) is 6.09. The summed E-state index contributed by atoms with van der Waals surface area (Å²) in [7, 11) is 0. The zero-order valence-electron chi connectivity index (χ0n) is 31.9. The Morgan fingerprint density at radius 2 is 1.73 bits per heavy atom. The van der Waals surface area contributed by atoms with Gasteiger partial charge in [-0.2, -0.15) is 5.26 Å². The Hall–Kier alpha value is -4.41. The van der Waals surface area contributed by atoms with Crippen molar-refractivity contribution in [1.29, 1.82) is 5.26 Å². The maximum absolute atomic E-state index is 9.75. The maximum Gasteiger partial charge on any atom is 0.290 e. The number of halogens is 2. The van der Waals surface area contributed by atoms with Gasteiger partial charge in [-0.05, 0) is 67.1 Å². The van der Waals surface area contributed by atoms with E-state index in [1.165, 1.54) is 6.20 Å². The molecule has 0 spiro atoms. The Bertz CT molecular complexity index is 1840. The minimum absolute atomic E-state index is 0.216. The number of nitrogens with one attached hydrogen (secondary N) is 1. The fourth-order valence-corrected chi connectivity index (χ4v) is 6.13. The molecule has 0 radical (unpaired) electrons. The number of nitrogens with zero attached hydrogens (tertiary/aromatic N) is 3. The van der Waals surface area contributed by atoms with E-state index in [1.807, 2.05) is 69.3 Å². The Kier molecular flexibility index (Phi) is 19.8. The molecule has 1 aromatic heterocycles. The van der Waals surface area contributed by atoms with Crippen LogP contribution in [0.4, 0.5) is 0 Å². The average Bonchev–Trinajstić information content (AvgIpc) is 3.61. The minimum atomic E-state index is -0.250. The summed E-state index contributed by atoms with van der Waals surface area (Å²) in [4.78, 5) is 14.8. The molecule has 0 aliphatic carbocycles. The van der Waals surface area contributed by atoms with Gasteiger partial charge >= 0.3 is 0 Å². The van der Waals surface area contributed by atoms with Crippen molar-refractivity contribution in [3.63, 3.8) is 0 Å². The number of carboxylic acid groups (broad SMARTS) is 1. The number of pyridine rings is 1. The predicted molar refractivity (Wildman–Crippen MR) is 216 cm³/mol. The van der Waals surface area contributed by atoms with Crippen LogP contribution in [0.2, 0.25) is 10.0 Å². The molecule has 1 fully saturated rings. The number of hydrogen-bond acceptors (Lipinski definition) is 10. The summed E-state index contributed by atoms with van der Waals surface area (Å²) in [6, 6.07) is 19.5. The maximum atomic E-state index is 9.75. The minimum Gasteiger partial charge on any atom is -0.492 e. The first-order valence-corrected chi connectivity index (χ1v) is 19.0. The topological polar surface area (TPSA) is 157 Å². The third kappa shape index (κ3) is 14.6. The summed E-state index contributed by atoms with van der Waals surface area (Å²) in [5.74, 6) is 2.24. The van der Waals surface area contributed by atoms with Crippen LogP contribution in [-0.4, -0.2) is 77.2 Å². The lowest BCUT2D eigenvalue weighted by Crippen LogP contribution is -2.24. The van der Waals surface area contributed by atoms with E-state index in [1.54, 1.807) is 12.3 Å². The number of nitriles is 1. The summed E-state index contributed by atoms with van der Waals surface area (Å²) < 4.78 is 18.6. The molecule has 1 saturated heterocycles. The molecule has 1 unspecified atom stereocenters. The monoisotopic (exact) mass is 794 g/mol. The highest BCUT2D eigenvalue weighted by Gasteiger charge is 2.20. The van der Waals surface area contributed by atoms with Crippen molar-refractivity contribution in [3.05, 3.63) is 105 Å². The van der Waals surface area contributed by atoms with Crippen LogP contribution in [0.3, 0.4) is 0 Å². The Morgan fingerprint density at radius 3 is 2.40 bits per heavy atom. The van der Waals surface area contributed by atoms with Crippen LogP contribution < -0.4 is 19.5 Å². The predicted octanol–water partition coefficient (Wildman–Crippen LogP) is 7.67. The number of rotatable bonds is 16. The fourth-order valence-electron chi connectivity index (χ4n) is 5.61. The molecule has 4 aromatic rings. The lowest BCUT2D eigenvalue weighted by Gasteiger charge is -2.18. The molecule has 2 heterocycles. The standard InChI is InChI=1S/C37H40Cl2N4O4.C4H10O.CH2O2/c1-3-41-21-29-16-33(38)36(17-35(29)46-23-27-15-26(18-40)19-42-20-27)47-24-28-7-4-8-31(25(28)2)32-9-5-10-34(37(32)39)45-14-6-12-43-13-11-30(44)22-43;1-4(2)3-5;2-1-3/h4-5,7-10,15-17,19-20,30,41,44H,3,6,11-14,21-24H2,1-2H3;4-5H,3H2,1-2H3;1H,(H,2,3). The van der Waals surface area contributed by atoms with E-state index in [4.69, 9.17) is 52.4 Å². The highest BCUT2D eigenvalue weighted by Crippen LogP contribution is 2.38. The Morgan fingerprint density at radius 1 is 1.02 bits per heavy atom. The van der Waals surface area contributed by atoms with Gasteiger partial charge in [0.05, 0.1) is 28.3 Å². The van der Waals surface area contributed by atoms with Crippen LogP contribution in [0.5, 0.6) is 17.2 Å². The Balaban J connectivity index is 0.000000925. The summed E-state index contributed by atoms with van der Waals surface area (Å²) in [6.07, 6.45) is 4.68. The van der Waals surface area contributed by atoms with Gasteiger partial charge in [-0.1, -0.05) is 74.3 Å². The van der Waals surface area contributed by atoms with Crippen molar-refractivity contribution in [2.24, 2.45) is 5.92 Å². The second kappa shape index (κ2) is 24.2. The van der Waals surface area contributed by atoms with Gasteiger partial charge in [0.15, 0.2) is 0 Å². The molecule has 1 aliphatic rings. The third-order valence-corrected chi connectivity index (χ3v) is 9.26. The molecule has 0 amide bonds. The van der Waals surface area contributed by atoms with Gasteiger partial charge < -0.3 is 39.7 Å². The van der Waals surface area contributed by atoms with E-state index in [0.29, 0.717) is 65.1 Å². The van der Waals surface area contributed by atoms with Crippen molar-refractivity contribution >= 4 is 29.7 Å². The molecule has 296 valence electrons. The van der Waals surface area contributed by atoms with Crippen molar-refractivity contribution in [3.8, 4) is 34.4 Å². The van der Waals surface area contributed by atoms with Crippen LogP contribution in [-0.2, 0) is 24.6 Å². The number of ether oxygens (including phenoxy) is 3. The number of benzene rings is 3. The highest BCUT2D eigenvalue weighted by atomic mass is 35.5. The van der Waals surface area contributed by atoms with Crippen LogP contribution in [0.15, 0.2) is 67.0 Å². The molecular formula is C42H52Cl2N4O7. The molecule has 11 nitrogen and oxygen atoms in total. The molecule has 0 bridgehead atoms. The lowest BCUT2D eigenvalue weighted by molar-refractivity contribution is -0.122. The van der Waals surface area contributed by atoms with E-state index < -0.39 is 0 Å². The molecule has 3 aromatic carbocycles. The first kappa shape index (κ1) is 45.0. The van der Waals surface area contributed by atoms with E-state index >= 15 is 0 Å². The second-order valence-corrected chi connectivity index (χ2v) is 14.1. The van der Waals surface area contributed by atoms with Crippen molar-refractivity contribution in [2.45, 2.75) is 66.4 Å². The normalized spacial score (nSPS) is 13.6. The lowest BCUT2D eigenvalue weighted by atomic mass is 9.96. The quantitative estimate of drug-likeness (QED) is 0.0652. The first-order valence-electron chi connectivity index (χ1n) is 18.3. The Labute approximate surface area is 334 Å². The number of aliphatic hydroxyl groups is 2. The molecule has 1 atom stereocenters. The number of carbonyl (C=O) groups is 1. The molecular weight excluding hydrogens is 743 g/mol. The van der Waals surface area contributed by atoms with Crippen LogP contribution in [0.25, 0.3) is 11.1 Å². The van der Waals surface area contributed by atoms with Crippen LogP contribution in [0.1, 0.15) is 61.4 Å². The molecule has 0 saturated carbocycles. The molecule has 5 rings (SSSR count). The second-order valence-electron chi connectivity index (χ2n) is 13.3. The number of hydrogen-bond donors (Lipinski definition) is 4. The van der Waals surface area contributed by atoms with Gasteiger partial charge in [-0.15, -0.1) is 0 Å². The summed E-state index contributed by atoms with van der Waals surface area (Å²) >= 11 is 13.6. The summed E-state index contributed by atoms with van der Waals surface area (Å²) in [5, 5.41) is 38.4. The number of aromatic nitrogens is 1. The van der Waals surface area contributed by atoms with Gasteiger partial charge in [0, 0.05) is 67.9 Å². The third-order valence-electron chi connectivity index (χ3n) is 8.57. The number of β-amino-alcohol motifs (C(OH)–C–C–N with tert-alkyl or cyclic N) is 1. The SMILES string of the molecule is CC(C)CO.CCNCc1cc(Cl)c(OCc2cccc(-c3cccc(OCCCN4CCC(O)C4)c3Cl)c2C)cc1OCc1cncc(C#N)c1.O=CO. The molecule has 1 aliphatic heterocycles. The molecule has 4 N–H and O–H groups in total. The van der Waals surface area contributed by atoms with Crippen molar-refractivity contribution < 1.29 is 34.3 Å². The summed E-state index contributed by atoms with van der Waals surface area (Å²) in [6.45, 7) is 13.1. The van der Waals surface area contributed by atoms with E-state index in [-0.39, 0.29) is 19.2 Å². The van der Waals surface area contributed by atoms with Crippen molar-refractivity contribution in [2.75, 3.05) is 39.4 Å². The zero-order valence-corrected chi connectivity index (χ0v) is 33.4. The van der Waals surface area contributed by atoms with E-state index in [2.05, 4.69) is 28.2 Å². The van der Waals surface area contributed by atoms with Gasteiger partial charge in [-0.25, -0.2) is 0 Å². The van der Waals surface area contributed by atoms with Gasteiger partial charge in [0.1, 0.15) is 36.5 Å². The number of aliphatic hydroxyl groups excluding tert-OH is 2. The van der Waals surface area contributed by atoms with E-state index in [9.17, 15) is 10.4 Å². The number of likely N-dealkylation sites (tertiary alicyclic amines) is 1. The zero-order chi connectivity index (χ0) is 40.2. The molecule has 13 heteroatoms. The van der Waals surface area contributed by atoms with Gasteiger partial charge in [-0.3, -0.25) is 9.78 Å². The highest BCUT2D eigenvalue weighted by molar-refractivity contribution is 6.35.